The molecule has 0 unspecified atom stereocenters. The van der Waals surface area contributed by atoms with E-state index in [2.05, 4.69) is 56.0 Å². The van der Waals surface area contributed by atoms with Gasteiger partial charge in [0.15, 0.2) is 0 Å². The van der Waals surface area contributed by atoms with Gasteiger partial charge in [-0.2, -0.15) is 30.7 Å². The lowest BCUT2D eigenvalue weighted by molar-refractivity contribution is -0.138. The topological polar surface area (TPSA) is 136 Å². The molecule has 0 radical (unpaired) electrons. The van der Waals surface area contributed by atoms with Crippen molar-refractivity contribution < 1.29 is 23.8 Å². The lowest BCUT2D eigenvalue weighted by Gasteiger charge is -2.06. The molecule has 0 spiro atoms. The van der Waals surface area contributed by atoms with Gasteiger partial charge in [-0.3, -0.25) is 0 Å². The van der Waals surface area contributed by atoms with E-state index in [1.165, 1.54) is 11.6 Å². The van der Waals surface area contributed by atoms with E-state index in [-0.39, 0.29) is 5.97 Å². The highest BCUT2D eigenvalue weighted by Gasteiger charge is 2.02. The van der Waals surface area contributed by atoms with E-state index in [1.54, 1.807) is 0 Å². The first kappa shape index (κ1) is 37.7. The molecular weight excluding hydrogens is 644 g/mol. The van der Waals surface area contributed by atoms with E-state index in [0.29, 0.717) is 49.0 Å². The second kappa shape index (κ2) is 21.1. The molecule has 11 nitrogen and oxygen atoms in total. The van der Waals surface area contributed by atoms with Crippen molar-refractivity contribution in [3.05, 3.63) is 127 Å². The van der Waals surface area contributed by atoms with Crippen LogP contribution in [0.3, 0.4) is 0 Å². The Labute approximate surface area is 298 Å². The number of nitrogens with zero attached hydrogens (tertiary/aromatic N) is 6. The number of rotatable bonds is 20. The van der Waals surface area contributed by atoms with Crippen LogP contribution in [0.25, 0.3) is 0 Å². The largest absolute Gasteiger partial charge is 0.494 e. The third-order valence-corrected chi connectivity index (χ3v) is 7.38. The Morgan fingerprint density at radius 2 is 1.00 bits per heavy atom. The van der Waals surface area contributed by atoms with Gasteiger partial charge in [-0.05, 0) is 135 Å². The number of azo groups is 3. The van der Waals surface area contributed by atoms with E-state index in [0.717, 1.165) is 60.9 Å². The summed E-state index contributed by atoms with van der Waals surface area (Å²) in [5, 5.41) is 26.2. The molecule has 0 saturated carbocycles. The molecule has 4 aromatic carbocycles. The Kier molecular flexibility index (Phi) is 15.6. The molecule has 0 atom stereocenters. The number of unbranched alkanes of at least 4 members (excludes halogenated alkanes) is 3. The van der Waals surface area contributed by atoms with Gasteiger partial charge in [0.25, 0.3) is 0 Å². The zero-order valence-electron chi connectivity index (χ0n) is 28.8. The summed E-state index contributed by atoms with van der Waals surface area (Å²) in [5.74, 6) is -0.0574. The summed E-state index contributed by atoms with van der Waals surface area (Å²) < 4.78 is 15.7. The Morgan fingerprint density at radius 1 is 0.549 bits per heavy atom. The van der Waals surface area contributed by atoms with Crippen LogP contribution in [0.2, 0.25) is 0 Å². The summed E-state index contributed by atoms with van der Waals surface area (Å²) in [5.41, 5.74) is 6.46. The third-order valence-electron chi connectivity index (χ3n) is 7.38. The van der Waals surface area contributed by atoms with Gasteiger partial charge in [0.2, 0.25) is 0 Å². The van der Waals surface area contributed by atoms with E-state index >= 15 is 0 Å². The Balaban J connectivity index is 1.19. The highest BCUT2D eigenvalue weighted by molar-refractivity contribution is 5.81. The normalized spacial score (nSPS) is 11.2. The molecule has 0 bridgehead atoms. The van der Waals surface area contributed by atoms with E-state index in [1.807, 2.05) is 85.8 Å². The number of hydrogen-bond donors (Lipinski definition) is 0. The maximum absolute atomic E-state index is 11.1. The number of hydrogen-bond acceptors (Lipinski definition) is 11. The number of benzene rings is 4. The summed E-state index contributed by atoms with van der Waals surface area (Å²) in [6.45, 7) is 10.0. The molecule has 4 aromatic rings. The fourth-order valence-electron chi connectivity index (χ4n) is 4.55. The predicted octanol–water partition coefficient (Wildman–Crippen LogP) is 11.6. The lowest BCUT2D eigenvalue weighted by Crippen LogP contribution is -2.04. The summed E-state index contributed by atoms with van der Waals surface area (Å²) in [7, 11) is 0. The van der Waals surface area contributed by atoms with Crippen molar-refractivity contribution in [1.82, 2.24) is 0 Å². The fraction of sp³-hybridized carbons (Fsp3) is 0.250. The van der Waals surface area contributed by atoms with Crippen molar-refractivity contribution in [2.24, 2.45) is 30.7 Å². The molecular formula is C40H42N6O5. The third kappa shape index (κ3) is 14.1. The van der Waals surface area contributed by atoms with Crippen LogP contribution in [-0.2, 0) is 25.5 Å². The standard InChI is InChI=1S/C40H42N6O5/c1-4-39(47)50-27-8-6-7-11-31-12-14-32(15-13-31)41-42-33-16-18-34(19-17-33)44-46-38-25-22-36(29-30(38)3)45-43-35-20-23-37(24-21-35)49-26-9-10-28-51-40(48)5-2/h4-5,12-25,29H,1-2,6-11,26-28H2,3H3. The van der Waals surface area contributed by atoms with Gasteiger partial charge in [-0.1, -0.05) is 25.3 Å². The van der Waals surface area contributed by atoms with Crippen LogP contribution in [0.4, 0.5) is 34.1 Å². The molecule has 0 aliphatic heterocycles. The first-order valence-electron chi connectivity index (χ1n) is 16.8. The maximum atomic E-state index is 11.1. The Hall–Kier alpha value is -6.10. The second-order valence-electron chi connectivity index (χ2n) is 11.4. The maximum Gasteiger partial charge on any atom is 0.330 e. The fourth-order valence-corrected chi connectivity index (χ4v) is 4.55. The number of carbonyl (C=O) groups excluding carboxylic acids is 2. The van der Waals surface area contributed by atoms with Crippen LogP contribution in [0.5, 0.6) is 5.75 Å². The molecule has 0 amide bonds. The van der Waals surface area contributed by atoms with Crippen molar-refractivity contribution in [3.8, 4) is 5.75 Å². The van der Waals surface area contributed by atoms with Crippen LogP contribution in [0, 0.1) is 6.92 Å². The highest BCUT2D eigenvalue weighted by atomic mass is 16.5. The molecule has 0 fully saturated rings. The van der Waals surface area contributed by atoms with Crippen LogP contribution in [0.1, 0.15) is 43.2 Å². The summed E-state index contributed by atoms with van der Waals surface area (Å²) in [4.78, 5) is 22.1. The van der Waals surface area contributed by atoms with Gasteiger partial charge < -0.3 is 14.2 Å². The van der Waals surface area contributed by atoms with Gasteiger partial charge in [0.05, 0.1) is 53.9 Å². The molecule has 0 saturated heterocycles. The lowest BCUT2D eigenvalue weighted by atomic mass is 10.1. The predicted molar refractivity (Wildman–Crippen MR) is 198 cm³/mol. The van der Waals surface area contributed by atoms with Crippen LogP contribution in [-0.4, -0.2) is 31.8 Å². The van der Waals surface area contributed by atoms with Gasteiger partial charge in [0.1, 0.15) is 5.75 Å². The molecule has 0 aromatic heterocycles. The number of carbonyl (C=O) groups is 2. The summed E-state index contributed by atoms with van der Waals surface area (Å²) in [6.07, 6.45) is 7.61. The van der Waals surface area contributed by atoms with Gasteiger partial charge in [0, 0.05) is 12.2 Å². The van der Waals surface area contributed by atoms with Gasteiger partial charge in [-0.25, -0.2) is 9.59 Å². The molecule has 4 rings (SSSR count). The smallest absolute Gasteiger partial charge is 0.330 e. The molecule has 0 aliphatic carbocycles. The molecule has 0 heterocycles. The minimum Gasteiger partial charge on any atom is -0.494 e. The van der Waals surface area contributed by atoms with Crippen LogP contribution in [0.15, 0.2) is 147 Å². The van der Waals surface area contributed by atoms with Crippen molar-refractivity contribution in [1.29, 1.82) is 0 Å². The van der Waals surface area contributed by atoms with Crippen molar-refractivity contribution in [2.45, 2.75) is 45.4 Å². The van der Waals surface area contributed by atoms with Crippen molar-refractivity contribution >= 4 is 46.1 Å². The summed E-state index contributed by atoms with van der Waals surface area (Å²) >= 11 is 0. The summed E-state index contributed by atoms with van der Waals surface area (Å²) in [6, 6.07) is 28.4. The second-order valence-corrected chi connectivity index (χ2v) is 11.4. The molecule has 262 valence electrons. The Bertz CT molecular complexity index is 1820. The quantitative estimate of drug-likeness (QED) is 0.0394. The molecule has 0 aliphatic rings. The van der Waals surface area contributed by atoms with E-state index in [4.69, 9.17) is 14.2 Å². The molecule has 0 N–H and O–H groups in total. The SMILES string of the molecule is C=CC(=O)OCCCCCc1ccc(N=Nc2ccc(N=Nc3ccc(N=Nc4ccc(OCCCCOC(=O)C=C)cc4)cc3C)cc2)cc1. The minimum absolute atomic E-state index is 0.348. The van der Waals surface area contributed by atoms with E-state index < -0.39 is 5.97 Å². The van der Waals surface area contributed by atoms with Gasteiger partial charge in [-0.15, -0.1) is 0 Å². The van der Waals surface area contributed by atoms with Crippen LogP contribution >= 0.6 is 0 Å². The van der Waals surface area contributed by atoms with Crippen molar-refractivity contribution in [2.75, 3.05) is 19.8 Å². The van der Waals surface area contributed by atoms with Gasteiger partial charge >= 0.3 is 11.9 Å². The Morgan fingerprint density at radius 3 is 1.55 bits per heavy atom. The zero-order valence-corrected chi connectivity index (χ0v) is 28.8. The first-order valence-corrected chi connectivity index (χ1v) is 16.8. The number of esters is 2. The molecule has 51 heavy (non-hydrogen) atoms. The first-order chi connectivity index (χ1) is 24.9. The minimum atomic E-state index is -0.414. The monoisotopic (exact) mass is 686 g/mol. The molecule has 11 heteroatoms. The zero-order chi connectivity index (χ0) is 36.1. The number of ether oxygens (including phenoxy) is 3. The van der Waals surface area contributed by atoms with Crippen LogP contribution < -0.4 is 4.74 Å². The number of aryl methyl sites for hydroxylation is 2. The average Bonchev–Trinajstić information content (AvgIpc) is 3.16. The highest BCUT2D eigenvalue weighted by Crippen LogP contribution is 2.29. The van der Waals surface area contributed by atoms with Crippen molar-refractivity contribution in [3.63, 3.8) is 0 Å². The van der Waals surface area contributed by atoms with E-state index in [9.17, 15) is 9.59 Å². The average molecular weight is 687 g/mol.